The average Bonchev–Trinajstić information content (AvgIpc) is 3.18. The molecule has 0 spiro atoms. The van der Waals surface area contributed by atoms with Crippen LogP contribution in [0, 0.1) is 18.8 Å². The normalized spacial score (nSPS) is 15.8. The number of piperidine rings is 1. The standard InChI is InChI=1S/C23H31N3O3S/c1-16(21(27)24-12-7-15-29-3)18-10-13-26(14-11-18)23(28)20-17(2)25-22(30-20)19-8-5-4-6-9-19/h4-6,8-9,16,18H,7,10-15H2,1-3H3,(H,24,27)/t16-/m0/s1. The first-order valence-electron chi connectivity index (χ1n) is 10.6. The number of carbonyl (C=O) groups excluding carboxylic acids is 2. The van der Waals surface area contributed by atoms with E-state index in [4.69, 9.17) is 4.74 Å². The number of likely N-dealkylation sites (tertiary alicyclic amines) is 1. The zero-order valence-electron chi connectivity index (χ0n) is 18.0. The van der Waals surface area contributed by atoms with Crippen molar-refractivity contribution in [3.8, 4) is 10.6 Å². The van der Waals surface area contributed by atoms with E-state index in [1.54, 1.807) is 7.11 Å². The van der Waals surface area contributed by atoms with Crippen molar-refractivity contribution < 1.29 is 14.3 Å². The number of carbonyl (C=O) groups is 2. The van der Waals surface area contributed by atoms with Crippen molar-refractivity contribution in [3.05, 3.63) is 40.9 Å². The predicted molar refractivity (Wildman–Crippen MR) is 120 cm³/mol. The summed E-state index contributed by atoms with van der Waals surface area (Å²) in [6.07, 6.45) is 2.52. The number of ether oxygens (including phenoxy) is 1. The number of aryl methyl sites for hydroxylation is 1. The first-order chi connectivity index (χ1) is 14.5. The van der Waals surface area contributed by atoms with Gasteiger partial charge in [0.15, 0.2) is 0 Å². The first kappa shape index (κ1) is 22.4. The highest BCUT2D eigenvalue weighted by molar-refractivity contribution is 7.17. The summed E-state index contributed by atoms with van der Waals surface area (Å²) in [4.78, 5) is 32.7. The van der Waals surface area contributed by atoms with E-state index in [2.05, 4.69) is 10.3 Å². The molecule has 2 heterocycles. The van der Waals surface area contributed by atoms with Gasteiger partial charge in [-0.15, -0.1) is 11.3 Å². The van der Waals surface area contributed by atoms with Gasteiger partial charge in [0, 0.05) is 44.8 Å². The van der Waals surface area contributed by atoms with E-state index in [1.165, 1.54) is 11.3 Å². The van der Waals surface area contributed by atoms with Crippen LogP contribution in [-0.2, 0) is 9.53 Å². The van der Waals surface area contributed by atoms with E-state index in [9.17, 15) is 9.59 Å². The molecular formula is C23H31N3O3S. The lowest BCUT2D eigenvalue weighted by Gasteiger charge is -2.34. The summed E-state index contributed by atoms with van der Waals surface area (Å²) < 4.78 is 5.01. The van der Waals surface area contributed by atoms with Gasteiger partial charge in [-0.2, -0.15) is 0 Å². The fourth-order valence-corrected chi connectivity index (χ4v) is 4.89. The molecule has 1 aliphatic rings. The number of amides is 2. The van der Waals surface area contributed by atoms with Crippen molar-refractivity contribution in [1.82, 2.24) is 15.2 Å². The van der Waals surface area contributed by atoms with Crippen LogP contribution in [0.4, 0.5) is 0 Å². The smallest absolute Gasteiger partial charge is 0.265 e. The van der Waals surface area contributed by atoms with Gasteiger partial charge in [0.1, 0.15) is 9.88 Å². The number of hydrogen-bond donors (Lipinski definition) is 1. The highest BCUT2D eigenvalue weighted by atomic mass is 32.1. The minimum atomic E-state index is -0.0420. The summed E-state index contributed by atoms with van der Waals surface area (Å²) in [5.74, 6) is 0.419. The quantitative estimate of drug-likeness (QED) is 0.649. The molecule has 0 saturated carbocycles. The van der Waals surface area contributed by atoms with Crippen molar-refractivity contribution >= 4 is 23.2 Å². The molecular weight excluding hydrogens is 398 g/mol. The van der Waals surface area contributed by atoms with Gasteiger partial charge in [0.05, 0.1) is 5.69 Å². The van der Waals surface area contributed by atoms with Gasteiger partial charge in [-0.1, -0.05) is 37.3 Å². The van der Waals surface area contributed by atoms with Gasteiger partial charge in [-0.25, -0.2) is 4.98 Å². The van der Waals surface area contributed by atoms with Crippen LogP contribution >= 0.6 is 11.3 Å². The molecule has 1 fully saturated rings. The van der Waals surface area contributed by atoms with E-state index in [0.717, 1.165) is 40.4 Å². The molecule has 2 amide bonds. The number of aromatic nitrogens is 1. The molecule has 0 radical (unpaired) electrons. The Morgan fingerprint density at radius 2 is 1.97 bits per heavy atom. The van der Waals surface area contributed by atoms with Crippen LogP contribution < -0.4 is 5.32 Å². The third kappa shape index (κ3) is 5.46. The van der Waals surface area contributed by atoms with Crippen molar-refractivity contribution in [2.24, 2.45) is 11.8 Å². The molecule has 1 saturated heterocycles. The molecule has 30 heavy (non-hydrogen) atoms. The molecule has 1 aromatic carbocycles. The van der Waals surface area contributed by atoms with Crippen LogP contribution in [-0.4, -0.2) is 55.0 Å². The van der Waals surface area contributed by atoms with Crippen LogP contribution in [0.5, 0.6) is 0 Å². The third-order valence-corrected chi connectivity index (χ3v) is 6.98. The second-order valence-electron chi connectivity index (χ2n) is 7.86. The Labute approximate surface area is 182 Å². The van der Waals surface area contributed by atoms with E-state index < -0.39 is 0 Å². The van der Waals surface area contributed by atoms with Crippen molar-refractivity contribution in [1.29, 1.82) is 0 Å². The Kier molecular flexibility index (Phi) is 7.99. The summed E-state index contributed by atoms with van der Waals surface area (Å²) in [6.45, 7) is 6.55. The van der Waals surface area contributed by atoms with Gasteiger partial charge >= 0.3 is 0 Å². The molecule has 2 aromatic rings. The molecule has 0 unspecified atom stereocenters. The molecule has 7 heteroatoms. The van der Waals surface area contributed by atoms with Gasteiger partial charge in [-0.3, -0.25) is 9.59 Å². The number of methoxy groups -OCH3 is 1. The lowest BCUT2D eigenvalue weighted by molar-refractivity contribution is -0.126. The van der Waals surface area contributed by atoms with Gasteiger partial charge < -0.3 is 15.0 Å². The Morgan fingerprint density at radius 1 is 1.27 bits per heavy atom. The summed E-state index contributed by atoms with van der Waals surface area (Å²) >= 11 is 1.46. The molecule has 0 bridgehead atoms. The second kappa shape index (κ2) is 10.7. The number of benzene rings is 1. The van der Waals surface area contributed by atoms with Crippen LogP contribution in [0.15, 0.2) is 30.3 Å². The number of hydrogen-bond acceptors (Lipinski definition) is 5. The first-order valence-corrected chi connectivity index (χ1v) is 11.4. The molecule has 0 aliphatic carbocycles. The fraction of sp³-hybridized carbons (Fsp3) is 0.522. The molecule has 1 atom stereocenters. The highest BCUT2D eigenvalue weighted by Gasteiger charge is 2.31. The van der Waals surface area contributed by atoms with E-state index in [-0.39, 0.29) is 17.7 Å². The van der Waals surface area contributed by atoms with Crippen molar-refractivity contribution in [2.75, 3.05) is 33.4 Å². The van der Waals surface area contributed by atoms with Crippen LogP contribution in [0.1, 0.15) is 41.6 Å². The number of rotatable bonds is 8. The SMILES string of the molecule is COCCCNC(=O)[C@@H](C)C1CCN(C(=O)c2sc(-c3ccccc3)nc2C)CC1. The molecule has 6 nitrogen and oxygen atoms in total. The monoisotopic (exact) mass is 429 g/mol. The highest BCUT2D eigenvalue weighted by Crippen LogP contribution is 2.31. The van der Waals surface area contributed by atoms with Crippen LogP contribution in [0.2, 0.25) is 0 Å². The largest absolute Gasteiger partial charge is 0.385 e. The number of nitrogens with one attached hydrogen (secondary N) is 1. The second-order valence-corrected chi connectivity index (χ2v) is 8.85. The molecule has 1 aromatic heterocycles. The lowest BCUT2D eigenvalue weighted by atomic mass is 9.84. The summed E-state index contributed by atoms with van der Waals surface area (Å²) in [7, 11) is 1.66. The topological polar surface area (TPSA) is 71.5 Å². The van der Waals surface area contributed by atoms with Crippen molar-refractivity contribution in [3.63, 3.8) is 0 Å². The van der Waals surface area contributed by atoms with Crippen molar-refractivity contribution in [2.45, 2.75) is 33.1 Å². The number of nitrogens with zero attached hydrogens (tertiary/aromatic N) is 2. The predicted octanol–water partition coefficient (Wildman–Crippen LogP) is 3.76. The Morgan fingerprint density at radius 3 is 2.63 bits per heavy atom. The minimum Gasteiger partial charge on any atom is -0.385 e. The van der Waals surface area contributed by atoms with Crippen LogP contribution in [0.25, 0.3) is 10.6 Å². The number of thiazole rings is 1. The molecule has 3 rings (SSSR count). The summed E-state index contributed by atoms with van der Waals surface area (Å²) in [5.41, 5.74) is 1.82. The van der Waals surface area contributed by atoms with Gasteiger partial charge in [0.2, 0.25) is 5.91 Å². The Hall–Kier alpha value is -2.25. The van der Waals surface area contributed by atoms with E-state index in [1.807, 2.05) is 49.1 Å². The molecule has 162 valence electrons. The average molecular weight is 430 g/mol. The Balaban J connectivity index is 1.54. The summed E-state index contributed by atoms with van der Waals surface area (Å²) in [6, 6.07) is 9.96. The van der Waals surface area contributed by atoms with Gasteiger partial charge in [-0.05, 0) is 32.1 Å². The van der Waals surface area contributed by atoms with Gasteiger partial charge in [0.25, 0.3) is 5.91 Å². The minimum absolute atomic E-state index is 0.0420. The maximum absolute atomic E-state index is 13.1. The zero-order valence-corrected chi connectivity index (χ0v) is 18.8. The summed E-state index contributed by atoms with van der Waals surface area (Å²) in [5, 5.41) is 3.87. The fourth-order valence-electron chi connectivity index (χ4n) is 3.85. The maximum atomic E-state index is 13.1. The van der Waals surface area contributed by atoms with E-state index in [0.29, 0.717) is 32.2 Å². The lowest BCUT2D eigenvalue weighted by Crippen LogP contribution is -2.42. The van der Waals surface area contributed by atoms with Crippen LogP contribution in [0.3, 0.4) is 0 Å². The molecule has 1 N–H and O–H groups in total. The maximum Gasteiger partial charge on any atom is 0.265 e. The third-order valence-electron chi connectivity index (χ3n) is 5.78. The Bertz CT molecular complexity index is 845. The van der Waals surface area contributed by atoms with E-state index >= 15 is 0 Å². The molecule has 1 aliphatic heterocycles. The zero-order chi connectivity index (χ0) is 21.5.